The number of carboxylic acid groups (broad SMARTS) is 1. The van der Waals surface area contributed by atoms with Gasteiger partial charge in [0, 0.05) is 11.3 Å². The largest absolute Gasteiger partial charge is 0.478 e. The zero-order valence-corrected chi connectivity index (χ0v) is 22.3. The zero-order valence-electron chi connectivity index (χ0n) is 21.5. The summed E-state index contributed by atoms with van der Waals surface area (Å²) < 4.78 is 33.7. The number of hydrogen-bond acceptors (Lipinski definition) is 10. The number of ketones is 2. The molecule has 0 fully saturated rings. The maximum Gasteiger partial charge on any atom is 0.339 e. The Morgan fingerprint density at radius 1 is 0.810 bits per heavy atom. The van der Waals surface area contributed by atoms with E-state index in [4.69, 9.17) is 10.8 Å². The van der Waals surface area contributed by atoms with Crippen molar-refractivity contribution in [2.75, 3.05) is 16.6 Å². The number of aliphatic carboxylic acids is 1. The number of benzene rings is 3. The molecule has 0 saturated carbocycles. The molecule has 13 heteroatoms. The molecule has 0 radical (unpaired) electrons. The lowest BCUT2D eigenvalue weighted by Gasteiger charge is -2.16. The number of anilines is 3. The van der Waals surface area contributed by atoms with Crippen molar-refractivity contribution < 1.29 is 32.5 Å². The summed E-state index contributed by atoms with van der Waals surface area (Å²) >= 11 is 0. The standard InChI is InChI=1S/C29H21N5O7S/c30-19-6-1-18-13-26(42(39,40)41)27(28(36)23(18)14-19)34-32-21-9-4-17(5-10-21)16-2-7-20(8-3-16)31-33-22-11-12-25(35)24(15-22)29(37)38/h1-15,31-32H,30H2,(H,37,38)(H,39,40,41)/b33-22+,34-27+. The molecule has 2 aliphatic carbocycles. The molecule has 3 aromatic carbocycles. The number of fused-ring (bicyclic) bond motifs is 1. The highest BCUT2D eigenvalue weighted by molar-refractivity contribution is 7.91. The van der Waals surface area contributed by atoms with E-state index in [0.29, 0.717) is 22.6 Å². The summed E-state index contributed by atoms with van der Waals surface area (Å²) in [5, 5.41) is 17.2. The highest BCUT2D eigenvalue weighted by Crippen LogP contribution is 2.28. The van der Waals surface area contributed by atoms with Crippen LogP contribution in [0.15, 0.2) is 106 Å². The lowest BCUT2D eigenvalue weighted by Crippen LogP contribution is -2.27. The fourth-order valence-corrected chi connectivity index (χ4v) is 4.79. The fraction of sp³-hybridized carbons (Fsp3) is 0. The second-order valence-electron chi connectivity index (χ2n) is 9.10. The van der Waals surface area contributed by atoms with Crippen LogP contribution in [0.4, 0.5) is 17.1 Å². The number of nitrogens with two attached hydrogens (primary N) is 1. The van der Waals surface area contributed by atoms with Crippen LogP contribution in [-0.4, -0.2) is 47.0 Å². The maximum atomic E-state index is 13.0. The van der Waals surface area contributed by atoms with Crippen LogP contribution in [0, 0.1) is 0 Å². The van der Waals surface area contributed by atoms with Gasteiger partial charge in [-0.1, -0.05) is 30.3 Å². The maximum absolute atomic E-state index is 13.0. The second kappa shape index (κ2) is 11.1. The van der Waals surface area contributed by atoms with Gasteiger partial charge in [-0.05, 0) is 77.4 Å². The number of hydrazone groups is 2. The summed E-state index contributed by atoms with van der Waals surface area (Å²) in [4.78, 5) is 35.1. The first-order valence-corrected chi connectivity index (χ1v) is 13.6. The van der Waals surface area contributed by atoms with Gasteiger partial charge in [0.05, 0.1) is 17.1 Å². The molecule has 0 unspecified atom stereocenters. The van der Waals surface area contributed by atoms with E-state index in [1.54, 1.807) is 36.4 Å². The zero-order chi connectivity index (χ0) is 30.0. The number of allylic oxidation sites excluding steroid dienone is 4. The van der Waals surface area contributed by atoms with Gasteiger partial charge in [-0.25, -0.2) is 4.79 Å². The Balaban J connectivity index is 1.30. The third kappa shape index (κ3) is 5.91. The van der Waals surface area contributed by atoms with Gasteiger partial charge in [0.1, 0.15) is 10.5 Å². The predicted octanol–water partition coefficient (Wildman–Crippen LogP) is 3.75. The molecule has 42 heavy (non-hydrogen) atoms. The first-order valence-electron chi connectivity index (χ1n) is 12.2. The molecular weight excluding hydrogens is 562 g/mol. The molecule has 2 aliphatic rings. The Kier molecular flexibility index (Phi) is 7.35. The van der Waals surface area contributed by atoms with Crippen LogP contribution in [0.3, 0.4) is 0 Å². The van der Waals surface area contributed by atoms with E-state index in [9.17, 15) is 27.4 Å². The van der Waals surface area contributed by atoms with Crippen LogP contribution in [0.2, 0.25) is 0 Å². The predicted molar refractivity (Wildman–Crippen MR) is 159 cm³/mol. The number of carbonyl (C=O) groups excluding carboxylic acids is 2. The van der Waals surface area contributed by atoms with Gasteiger partial charge in [0.25, 0.3) is 10.1 Å². The number of nitrogens with one attached hydrogen (secondary N) is 2. The Bertz CT molecular complexity index is 1900. The Labute approximate surface area is 239 Å². The van der Waals surface area contributed by atoms with Crippen molar-refractivity contribution in [2.45, 2.75) is 0 Å². The quantitative estimate of drug-likeness (QED) is 0.0897. The molecule has 0 aliphatic heterocycles. The molecule has 0 amide bonds. The third-order valence-electron chi connectivity index (χ3n) is 6.24. The van der Waals surface area contributed by atoms with E-state index in [1.807, 2.05) is 12.1 Å². The summed E-state index contributed by atoms with van der Waals surface area (Å²) in [7, 11) is -4.75. The lowest BCUT2D eigenvalue weighted by molar-refractivity contribution is -0.134. The SMILES string of the molecule is Nc1ccc2c(c1)C(=O)/C(=N/Nc1ccc(-c3ccc(N/N=C4\C=CC(=O)C(C(=O)O)=C4)cc3)cc1)C(S(=O)(=O)O)=C2. The second-order valence-corrected chi connectivity index (χ2v) is 10.5. The summed E-state index contributed by atoms with van der Waals surface area (Å²) in [6.07, 6.45) is 4.90. The highest BCUT2D eigenvalue weighted by atomic mass is 32.2. The summed E-state index contributed by atoms with van der Waals surface area (Å²) in [5.74, 6) is -2.63. The molecule has 5 rings (SSSR count). The summed E-state index contributed by atoms with van der Waals surface area (Å²) in [6, 6.07) is 18.5. The van der Waals surface area contributed by atoms with Gasteiger partial charge >= 0.3 is 5.97 Å². The molecule has 0 atom stereocenters. The molecule has 0 bridgehead atoms. The number of carbonyl (C=O) groups is 3. The van der Waals surface area contributed by atoms with Crippen molar-refractivity contribution >= 4 is 62.2 Å². The van der Waals surface area contributed by atoms with Gasteiger partial charge in [-0.15, -0.1) is 0 Å². The Hall–Kier alpha value is -5.66. The van der Waals surface area contributed by atoms with Gasteiger partial charge in [-0.3, -0.25) is 25.0 Å². The van der Waals surface area contributed by atoms with Crippen molar-refractivity contribution in [3.8, 4) is 11.1 Å². The van der Waals surface area contributed by atoms with Crippen molar-refractivity contribution in [1.29, 1.82) is 0 Å². The molecule has 6 N–H and O–H groups in total. The lowest BCUT2D eigenvalue weighted by atomic mass is 9.94. The number of Topliss-reactive ketones (excluding diaryl/α,β-unsaturated/α-hetero) is 1. The Morgan fingerprint density at radius 2 is 1.40 bits per heavy atom. The molecule has 0 spiro atoms. The van der Waals surface area contributed by atoms with Crippen LogP contribution >= 0.6 is 0 Å². The number of carboxylic acids is 1. The van der Waals surface area contributed by atoms with Gasteiger partial charge < -0.3 is 10.8 Å². The minimum Gasteiger partial charge on any atom is -0.478 e. The average molecular weight is 584 g/mol. The normalized spacial score (nSPS) is 16.6. The average Bonchev–Trinajstić information content (AvgIpc) is 2.96. The smallest absolute Gasteiger partial charge is 0.339 e. The van der Waals surface area contributed by atoms with Crippen LogP contribution in [0.5, 0.6) is 0 Å². The topological polar surface area (TPSA) is 201 Å². The first-order chi connectivity index (χ1) is 20.0. The molecule has 0 aromatic heterocycles. The van der Waals surface area contributed by atoms with Crippen LogP contribution < -0.4 is 16.6 Å². The molecule has 0 heterocycles. The van der Waals surface area contributed by atoms with Gasteiger partial charge in [0.15, 0.2) is 11.5 Å². The van der Waals surface area contributed by atoms with E-state index < -0.39 is 38.3 Å². The first kappa shape index (κ1) is 27.9. The summed E-state index contributed by atoms with van der Waals surface area (Å²) in [6.45, 7) is 0. The van der Waals surface area contributed by atoms with E-state index in [0.717, 1.165) is 23.3 Å². The molecule has 0 saturated heterocycles. The van der Waals surface area contributed by atoms with E-state index in [2.05, 4.69) is 21.1 Å². The van der Waals surface area contributed by atoms with E-state index in [-0.39, 0.29) is 16.8 Å². The van der Waals surface area contributed by atoms with E-state index >= 15 is 0 Å². The van der Waals surface area contributed by atoms with Gasteiger partial charge in [0.2, 0.25) is 5.78 Å². The minimum absolute atomic E-state index is 0.161. The van der Waals surface area contributed by atoms with Crippen LogP contribution in [0.1, 0.15) is 15.9 Å². The van der Waals surface area contributed by atoms with Gasteiger partial charge in [-0.2, -0.15) is 18.6 Å². The van der Waals surface area contributed by atoms with Crippen molar-refractivity contribution in [2.24, 2.45) is 10.2 Å². The number of nitrogen functional groups attached to an aromatic ring is 1. The molecule has 210 valence electrons. The molecular formula is C29H21N5O7S. The number of rotatable bonds is 7. The summed E-state index contributed by atoms with van der Waals surface area (Å²) in [5.41, 5.74) is 14.2. The van der Waals surface area contributed by atoms with Crippen LogP contribution in [-0.2, 0) is 19.7 Å². The third-order valence-corrected chi connectivity index (χ3v) is 7.11. The number of hydrogen-bond donors (Lipinski definition) is 5. The van der Waals surface area contributed by atoms with Crippen LogP contribution in [0.25, 0.3) is 17.2 Å². The van der Waals surface area contributed by atoms with Crippen molar-refractivity contribution in [3.05, 3.63) is 107 Å². The molecule has 3 aromatic rings. The fourth-order valence-electron chi connectivity index (χ4n) is 4.13. The monoisotopic (exact) mass is 583 g/mol. The van der Waals surface area contributed by atoms with E-state index in [1.165, 1.54) is 30.4 Å². The van der Waals surface area contributed by atoms with Crippen molar-refractivity contribution in [1.82, 2.24) is 0 Å². The highest BCUT2D eigenvalue weighted by Gasteiger charge is 2.33. The van der Waals surface area contributed by atoms with Crippen molar-refractivity contribution in [3.63, 3.8) is 0 Å². The Morgan fingerprint density at radius 3 is 1.98 bits per heavy atom. The number of nitrogens with zero attached hydrogens (tertiary/aromatic N) is 2. The molecule has 12 nitrogen and oxygen atoms in total. The minimum atomic E-state index is -4.75.